The molecule has 1 aromatic carbocycles. The Kier molecular flexibility index (Phi) is 5.86. The zero-order valence-corrected chi connectivity index (χ0v) is 17.0. The van der Waals surface area contributed by atoms with Gasteiger partial charge in [0.15, 0.2) is 23.4 Å². The lowest BCUT2D eigenvalue weighted by Gasteiger charge is -2.32. The number of anilines is 1. The quantitative estimate of drug-likeness (QED) is 0.704. The van der Waals surface area contributed by atoms with E-state index >= 15 is 0 Å². The molecule has 0 bridgehead atoms. The van der Waals surface area contributed by atoms with Crippen LogP contribution < -0.4 is 10.1 Å². The number of amides is 1. The molecule has 9 heteroatoms. The smallest absolute Gasteiger partial charge is 0.354 e. The molecule has 0 radical (unpaired) electrons. The number of carboxylic acids is 1. The van der Waals surface area contributed by atoms with Crippen molar-refractivity contribution in [3.05, 3.63) is 52.9 Å². The Bertz CT molecular complexity index is 1020. The van der Waals surface area contributed by atoms with Gasteiger partial charge in [0.2, 0.25) is 5.95 Å². The number of benzene rings is 1. The zero-order chi connectivity index (χ0) is 22.1. The molecular weight excluding hydrogens is 408 g/mol. The first-order valence-electron chi connectivity index (χ1n) is 10.3. The SMILES string of the molecule is CCC1Oc2c(F)cc(CN3CCC(c4ccc(C(=O)O)nc4F)CC3)cc2NC1=O. The summed E-state index contributed by atoms with van der Waals surface area (Å²) in [6, 6.07) is 5.96. The average molecular weight is 431 g/mol. The van der Waals surface area contributed by atoms with E-state index in [1.807, 2.05) is 0 Å². The third kappa shape index (κ3) is 4.36. The van der Waals surface area contributed by atoms with Crippen LogP contribution in [-0.2, 0) is 11.3 Å². The van der Waals surface area contributed by atoms with Gasteiger partial charge in [0.05, 0.1) is 5.69 Å². The van der Waals surface area contributed by atoms with Crippen LogP contribution >= 0.6 is 0 Å². The van der Waals surface area contributed by atoms with Crippen LogP contribution in [0.5, 0.6) is 5.75 Å². The number of carboxylic acid groups (broad SMARTS) is 1. The van der Waals surface area contributed by atoms with Crippen LogP contribution in [0.4, 0.5) is 14.5 Å². The minimum atomic E-state index is -1.26. The number of rotatable bonds is 5. The maximum Gasteiger partial charge on any atom is 0.354 e. The lowest BCUT2D eigenvalue weighted by Crippen LogP contribution is -2.37. The summed E-state index contributed by atoms with van der Waals surface area (Å²) >= 11 is 0. The molecule has 2 N–H and O–H groups in total. The van der Waals surface area contributed by atoms with Gasteiger partial charge in [-0.3, -0.25) is 9.69 Å². The lowest BCUT2D eigenvalue weighted by molar-refractivity contribution is -0.123. The van der Waals surface area contributed by atoms with Crippen molar-refractivity contribution in [3.63, 3.8) is 0 Å². The number of nitrogens with zero attached hydrogens (tertiary/aromatic N) is 2. The molecule has 0 saturated carbocycles. The number of hydrogen-bond acceptors (Lipinski definition) is 5. The highest BCUT2D eigenvalue weighted by Crippen LogP contribution is 2.35. The number of carbonyl (C=O) groups is 2. The first-order chi connectivity index (χ1) is 14.9. The van der Waals surface area contributed by atoms with E-state index in [0.717, 1.165) is 0 Å². The highest BCUT2D eigenvalue weighted by Gasteiger charge is 2.29. The third-order valence-corrected chi connectivity index (χ3v) is 5.81. The highest BCUT2D eigenvalue weighted by atomic mass is 19.1. The minimum Gasteiger partial charge on any atom is -0.477 e. The predicted octanol–water partition coefficient (Wildman–Crippen LogP) is 3.55. The van der Waals surface area contributed by atoms with Crippen molar-refractivity contribution < 1.29 is 28.2 Å². The topological polar surface area (TPSA) is 91.8 Å². The van der Waals surface area contributed by atoms with E-state index in [0.29, 0.717) is 55.7 Å². The van der Waals surface area contributed by atoms with Crippen LogP contribution in [-0.4, -0.2) is 46.1 Å². The van der Waals surface area contributed by atoms with E-state index in [1.54, 1.807) is 13.0 Å². The van der Waals surface area contributed by atoms with E-state index in [9.17, 15) is 18.4 Å². The maximum atomic E-state index is 14.6. The fraction of sp³-hybridized carbons (Fsp3) is 0.409. The van der Waals surface area contributed by atoms with E-state index in [-0.39, 0.29) is 23.3 Å². The van der Waals surface area contributed by atoms with Crippen molar-refractivity contribution in [2.45, 2.75) is 44.8 Å². The molecule has 1 aromatic heterocycles. The first kappa shape index (κ1) is 21.2. The van der Waals surface area contributed by atoms with Crippen LogP contribution in [0.15, 0.2) is 24.3 Å². The maximum absolute atomic E-state index is 14.6. The number of aromatic carboxylic acids is 1. The molecule has 1 unspecified atom stereocenters. The summed E-state index contributed by atoms with van der Waals surface area (Å²) in [6.07, 6.45) is 1.12. The number of carbonyl (C=O) groups excluding carboxylic acids is 1. The Labute approximate surface area is 178 Å². The number of pyridine rings is 1. The number of fused-ring (bicyclic) bond motifs is 1. The molecule has 0 aliphatic carbocycles. The number of hydrogen-bond donors (Lipinski definition) is 2. The highest BCUT2D eigenvalue weighted by molar-refractivity contribution is 5.97. The van der Waals surface area contributed by atoms with E-state index in [4.69, 9.17) is 9.84 Å². The number of ether oxygens (including phenoxy) is 1. The monoisotopic (exact) mass is 431 g/mol. The summed E-state index contributed by atoms with van der Waals surface area (Å²) in [5.74, 6) is -2.77. The number of nitrogens with one attached hydrogen (secondary N) is 1. The van der Waals surface area contributed by atoms with E-state index in [2.05, 4.69) is 15.2 Å². The lowest BCUT2D eigenvalue weighted by atomic mass is 9.90. The van der Waals surface area contributed by atoms with Crippen molar-refractivity contribution in [2.24, 2.45) is 0 Å². The van der Waals surface area contributed by atoms with Gasteiger partial charge in [0.1, 0.15) is 0 Å². The van der Waals surface area contributed by atoms with Gasteiger partial charge in [-0.05, 0) is 62.0 Å². The third-order valence-electron chi connectivity index (χ3n) is 5.81. The van der Waals surface area contributed by atoms with Crippen molar-refractivity contribution in [3.8, 4) is 5.75 Å². The van der Waals surface area contributed by atoms with E-state index in [1.165, 1.54) is 18.2 Å². The molecule has 3 heterocycles. The Morgan fingerprint density at radius 1 is 1.29 bits per heavy atom. The molecule has 1 saturated heterocycles. The van der Waals surface area contributed by atoms with Crippen LogP contribution in [0.3, 0.4) is 0 Å². The molecule has 1 fully saturated rings. The van der Waals surface area contributed by atoms with Crippen molar-refractivity contribution in [1.82, 2.24) is 9.88 Å². The van der Waals surface area contributed by atoms with Crippen molar-refractivity contribution in [1.29, 1.82) is 0 Å². The molecule has 31 heavy (non-hydrogen) atoms. The Hall–Kier alpha value is -3.07. The number of aromatic nitrogens is 1. The van der Waals surface area contributed by atoms with Gasteiger partial charge >= 0.3 is 5.97 Å². The molecule has 2 aromatic rings. The molecule has 7 nitrogen and oxygen atoms in total. The second-order valence-electron chi connectivity index (χ2n) is 7.89. The second-order valence-corrected chi connectivity index (χ2v) is 7.89. The van der Waals surface area contributed by atoms with Crippen LogP contribution in [0.2, 0.25) is 0 Å². The van der Waals surface area contributed by atoms with Gasteiger partial charge in [-0.1, -0.05) is 13.0 Å². The average Bonchev–Trinajstić information content (AvgIpc) is 2.74. The fourth-order valence-corrected chi connectivity index (χ4v) is 4.16. The van der Waals surface area contributed by atoms with Crippen molar-refractivity contribution in [2.75, 3.05) is 18.4 Å². The molecule has 2 aliphatic heterocycles. The molecule has 1 atom stereocenters. The summed E-state index contributed by atoms with van der Waals surface area (Å²) in [5.41, 5.74) is 1.17. The fourth-order valence-electron chi connectivity index (χ4n) is 4.16. The van der Waals surface area contributed by atoms with Gasteiger partial charge < -0.3 is 15.2 Å². The second kappa shape index (κ2) is 8.58. The van der Waals surface area contributed by atoms with Crippen LogP contribution in [0.25, 0.3) is 0 Å². The summed E-state index contributed by atoms with van der Waals surface area (Å²) in [5, 5.41) is 11.6. The summed E-state index contributed by atoms with van der Waals surface area (Å²) in [7, 11) is 0. The summed E-state index contributed by atoms with van der Waals surface area (Å²) in [4.78, 5) is 28.6. The molecule has 0 spiro atoms. The van der Waals surface area contributed by atoms with Gasteiger partial charge in [-0.25, -0.2) is 14.2 Å². The van der Waals surface area contributed by atoms with Crippen LogP contribution in [0.1, 0.15) is 53.7 Å². The zero-order valence-electron chi connectivity index (χ0n) is 17.0. The van der Waals surface area contributed by atoms with Gasteiger partial charge in [-0.2, -0.15) is 4.39 Å². The number of halogens is 2. The van der Waals surface area contributed by atoms with E-state index < -0.39 is 23.8 Å². The summed E-state index contributed by atoms with van der Waals surface area (Å²) in [6.45, 7) is 3.63. The predicted molar refractivity (Wildman–Crippen MR) is 108 cm³/mol. The summed E-state index contributed by atoms with van der Waals surface area (Å²) < 4.78 is 34.3. The van der Waals surface area contributed by atoms with Gasteiger partial charge in [0.25, 0.3) is 5.91 Å². The first-order valence-corrected chi connectivity index (χ1v) is 10.3. The minimum absolute atomic E-state index is 0.0504. The van der Waals surface area contributed by atoms with Gasteiger partial charge in [0, 0.05) is 12.1 Å². The normalized spacial score (nSPS) is 19.5. The standard InChI is InChI=1S/C22H23F2N3O4/c1-2-18-21(28)26-17-10-12(9-15(23)19(17)31-18)11-27-7-5-13(6-8-27)14-3-4-16(22(29)30)25-20(14)24/h3-4,9-10,13,18H,2,5-8,11H2,1H3,(H,26,28)(H,29,30). The molecule has 164 valence electrons. The Morgan fingerprint density at radius 3 is 2.68 bits per heavy atom. The van der Waals surface area contributed by atoms with Gasteiger partial charge in [-0.15, -0.1) is 0 Å². The Morgan fingerprint density at radius 2 is 2.03 bits per heavy atom. The Balaban J connectivity index is 1.41. The molecule has 4 rings (SSSR count). The molecular formula is C22H23F2N3O4. The van der Waals surface area contributed by atoms with Crippen LogP contribution in [0, 0.1) is 11.8 Å². The largest absolute Gasteiger partial charge is 0.477 e. The molecule has 1 amide bonds. The number of piperidine rings is 1. The molecule has 2 aliphatic rings. The van der Waals surface area contributed by atoms with Crippen molar-refractivity contribution >= 4 is 17.6 Å². The number of likely N-dealkylation sites (tertiary alicyclic amines) is 1.